The van der Waals surface area contributed by atoms with Crippen molar-refractivity contribution in [3.8, 4) is 11.5 Å². The molecule has 1 heterocycles. The van der Waals surface area contributed by atoms with Crippen LogP contribution in [0.3, 0.4) is 0 Å². The van der Waals surface area contributed by atoms with E-state index in [1.165, 1.54) is 24.3 Å². The van der Waals surface area contributed by atoms with Crippen molar-refractivity contribution in [1.82, 2.24) is 0 Å². The van der Waals surface area contributed by atoms with Crippen LogP contribution in [0.15, 0.2) is 78.9 Å². The number of β-lactam (4-membered cyclic amide) rings is 1. The molecule has 1 fully saturated rings. The largest absolute Gasteiger partial charge is 0.497 e. The molecule has 1 aliphatic rings. The van der Waals surface area contributed by atoms with Crippen molar-refractivity contribution < 1.29 is 23.5 Å². The van der Waals surface area contributed by atoms with Gasteiger partial charge in [0, 0.05) is 5.69 Å². The maximum Gasteiger partial charge on any atom is 0.240 e. The maximum atomic E-state index is 13.0. The molecule has 3 aromatic rings. The molecular weight excluding hydrogens is 385 g/mol. The molecule has 2 atom stereocenters. The first-order chi connectivity index (χ1) is 14.6. The zero-order valence-corrected chi connectivity index (χ0v) is 16.3. The Labute approximate surface area is 173 Å². The van der Waals surface area contributed by atoms with E-state index >= 15 is 0 Å². The molecule has 0 N–H and O–H groups in total. The fraction of sp³-hybridized carbons (Fsp3) is 0.167. The topological polar surface area (TPSA) is 55.8 Å². The first kappa shape index (κ1) is 19.6. The molecule has 0 radical (unpaired) electrons. The van der Waals surface area contributed by atoms with E-state index in [1.807, 2.05) is 42.5 Å². The number of halogens is 1. The van der Waals surface area contributed by atoms with E-state index in [0.717, 1.165) is 11.3 Å². The lowest BCUT2D eigenvalue weighted by Gasteiger charge is -2.46. The summed E-state index contributed by atoms with van der Waals surface area (Å²) in [7, 11) is 1.58. The van der Waals surface area contributed by atoms with Crippen molar-refractivity contribution >= 4 is 17.4 Å². The third-order valence-electron chi connectivity index (χ3n) is 5.13. The van der Waals surface area contributed by atoms with Crippen LogP contribution in [0, 0.1) is 11.7 Å². The minimum Gasteiger partial charge on any atom is -0.497 e. The van der Waals surface area contributed by atoms with E-state index in [1.54, 1.807) is 24.1 Å². The summed E-state index contributed by atoms with van der Waals surface area (Å²) in [6.07, 6.45) is 0. The van der Waals surface area contributed by atoms with Gasteiger partial charge in [0.05, 0.1) is 13.2 Å². The average molecular weight is 405 g/mol. The Hall–Kier alpha value is -3.67. The summed E-state index contributed by atoms with van der Waals surface area (Å²) in [6, 6.07) is 21.5. The van der Waals surface area contributed by atoms with Crippen LogP contribution in [0.1, 0.15) is 11.6 Å². The Morgan fingerprint density at radius 1 is 0.933 bits per heavy atom. The predicted octanol–water partition coefficient (Wildman–Crippen LogP) is 4.19. The highest BCUT2D eigenvalue weighted by atomic mass is 19.1. The number of hydrogen-bond acceptors (Lipinski definition) is 4. The van der Waals surface area contributed by atoms with E-state index in [4.69, 9.17) is 9.47 Å². The third kappa shape index (κ3) is 3.76. The fourth-order valence-corrected chi connectivity index (χ4v) is 3.60. The highest BCUT2D eigenvalue weighted by molar-refractivity contribution is 6.16. The van der Waals surface area contributed by atoms with Crippen LogP contribution in [0.25, 0.3) is 0 Å². The number of ketones is 1. The number of rotatable bonds is 7. The van der Waals surface area contributed by atoms with E-state index in [-0.39, 0.29) is 24.1 Å². The van der Waals surface area contributed by atoms with E-state index < -0.39 is 12.0 Å². The monoisotopic (exact) mass is 405 g/mol. The van der Waals surface area contributed by atoms with Crippen LogP contribution in [0.4, 0.5) is 10.1 Å². The van der Waals surface area contributed by atoms with Gasteiger partial charge in [-0.1, -0.05) is 30.3 Å². The van der Waals surface area contributed by atoms with Gasteiger partial charge >= 0.3 is 0 Å². The van der Waals surface area contributed by atoms with Crippen molar-refractivity contribution in [3.63, 3.8) is 0 Å². The Bertz CT molecular complexity index is 1040. The number of Topliss-reactive ketones (excluding diaryl/α,β-unsaturated/α-hetero) is 1. The molecular formula is C24H20FNO4. The zero-order valence-electron chi connectivity index (χ0n) is 16.3. The van der Waals surface area contributed by atoms with Crippen molar-refractivity contribution in [3.05, 3.63) is 90.2 Å². The molecule has 1 saturated heterocycles. The number of anilines is 1. The molecule has 0 spiro atoms. The molecule has 0 saturated carbocycles. The Morgan fingerprint density at radius 3 is 2.20 bits per heavy atom. The minimum atomic E-state index is -0.848. The van der Waals surface area contributed by atoms with Crippen molar-refractivity contribution in [1.29, 1.82) is 0 Å². The second-order valence-corrected chi connectivity index (χ2v) is 6.95. The lowest BCUT2D eigenvalue weighted by molar-refractivity contribution is -0.141. The van der Waals surface area contributed by atoms with Crippen molar-refractivity contribution in [2.75, 3.05) is 18.6 Å². The Morgan fingerprint density at radius 2 is 1.57 bits per heavy atom. The molecule has 152 valence electrons. The molecule has 4 rings (SSSR count). The van der Waals surface area contributed by atoms with Crippen LogP contribution in [-0.4, -0.2) is 25.4 Å². The SMILES string of the molecule is COc1ccc(C2C(C(=O)COc3ccc(F)cc3)C(=O)N2c2ccccc2)cc1. The zero-order chi connectivity index (χ0) is 21.1. The minimum absolute atomic E-state index is 0.267. The average Bonchev–Trinajstić information content (AvgIpc) is 2.78. The molecule has 3 aromatic carbocycles. The molecule has 5 nitrogen and oxygen atoms in total. The summed E-state index contributed by atoms with van der Waals surface area (Å²) in [6.45, 7) is -0.267. The number of carbonyl (C=O) groups excluding carboxylic acids is 2. The van der Waals surface area contributed by atoms with Crippen LogP contribution in [-0.2, 0) is 9.59 Å². The van der Waals surface area contributed by atoms with Crippen molar-refractivity contribution in [2.45, 2.75) is 6.04 Å². The summed E-state index contributed by atoms with van der Waals surface area (Å²) < 4.78 is 23.7. The van der Waals surface area contributed by atoms with Crippen LogP contribution < -0.4 is 14.4 Å². The second-order valence-electron chi connectivity index (χ2n) is 6.95. The smallest absolute Gasteiger partial charge is 0.240 e. The fourth-order valence-electron chi connectivity index (χ4n) is 3.60. The summed E-state index contributed by atoms with van der Waals surface area (Å²) in [5.41, 5.74) is 1.56. The van der Waals surface area contributed by atoms with Gasteiger partial charge in [-0.05, 0) is 54.1 Å². The first-order valence-corrected chi connectivity index (χ1v) is 9.51. The highest BCUT2D eigenvalue weighted by Crippen LogP contribution is 2.44. The molecule has 0 aliphatic carbocycles. The van der Waals surface area contributed by atoms with Gasteiger partial charge in [0.2, 0.25) is 5.91 Å². The quantitative estimate of drug-likeness (QED) is 0.437. The van der Waals surface area contributed by atoms with Crippen LogP contribution >= 0.6 is 0 Å². The van der Waals surface area contributed by atoms with Crippen molar-refractivity contribution in [2.24, 2.45) is 5.92 Å². The number of carbonyl (C=O) groups is 2. The van der Waals surface area contributed by atoms with Gasteiger partial charge in [-0.3, -0.25) is 9.59 Å². The van der Waals surface area contributed by atoms with Gasteiger partial charge in [0.1, 0.15) is 29.8 Å². The van der Waals surface area contributed by atoms with Crippen LogP contribution in [0.2, 0.25) is 0 Å². The maximum absolute atomic E-state index is 13.0. The summed E-state index contributed by atoms with van der Waals surface area (Å²) in [5, 5.41) is 0. The molecule has 0 aromatic heterocycles. The second kappa shape index (κ2) is 8.37. The van der Waals surface area contributed by atoms with Gasteiger partial charge in [0.15, 0.2) is 5.78 Å². The first-order valence-electron chi connectivity index (χ1n) is 9.51. The van der Waals surface area contributed by atoms with Gasteiger partial charge < -0.3 is 14.4 Å². The molecule has 1 amide bonds. The molecule has 2 unspecified atom stereocenters. The number of hydrogen-bond donors (Lipinski definition) is 0. The van der Waals surface area contributed by atoms with Gasteiger partial charge in [-0.15, -0.1) is 0 Å². The number of benzene rings is 3. The normalized spacial score (nSPS) is 17.9. The summed E-state index contributed by atoms with van der Waals surface area (Å²) in [5.74, 6) is -0.761. The number of ether oxygens (including phenoxy) is 2. The molecule has 6 heteroatoms. The van der Waals surface area contributed by atoms with Gasteiger partial charge in [-0.25, -0.2) is 4.39 Å². The lowest BCUT2D eigenvalue weighted by atomic mass is 9.79. The Balaban J connectivity index is 1.57. The summed E-state index contributed by atoms with van der Waals surface area (Å²) in [4.78, 5) is 27.5. The van der Waals surface area contributed by atoms with E-state index in [0.29, 0.717) is 11.5 Å². The van der Waals surface area contributed by atoms with Crippen LogP contribution in [0.5, 0.6) is 11.5 Å². The standard InChI is InChI=1S/C24H20FNO4/c1-29-19-11-7-16(8-12-19)23-22(24(28)26(23)18-5-3-2-4-6-18)21(27)15-30-20-13-9-17(25)10-14-20/h2-14,22-23H,15H2,1H3. The van der Waals surface area contributed by atoms with E-state index in [2.05, 4.69) is 0 Å². The highest BCUT2D eigenvalue weighted by Gasteiger charge is 2.52. The predicted molar refractivity (Wildman–Crippen MR) is 110 cm³/mol. The number of methoxy groups -OCH3 is 1. The number of nitrogens with zero attached hydrogens (tertiary/aromatic N) is 1. The lowest BCUT2D eigenvalue weighted by Crippen LogP contribution is -2.59. The number of para-hydroxylation sites is 1. The third-order valence-corrected chi connectivity index (χ3v) is 5.13. The Kier molecular flexibility index (Phi) is 5.48. The van der Waals surface area contributed by atoms with Gasteiger partial charge in [0.25, 0.3) is 0 Å². The number of amides is 1. The van der Waals surface area contributed by atoms with Gasteiger partial charge in [-0.2, -0.15) is 0 Å². The molecule has 1 aliphatic heterocycles. The molecule has 30 heavy (non-hydrogen) atoms. The molecule has 0 bridgehead atoms. The van der Waals surface area contributed by atoms with E-state index in [9.17, 15) is 14.0 Å². The summed E-state index contributed by atoms with van der Waals surface area (Å²) >= 11 is 0.